The maximum Gasteiger partial charge on any atom is 0.308 e. The van der Waals surface area contributed by atoms with Crippen molar-refractivity contribution in [1.29, 1.82) is 0 Å². The first-order chi connectivity index (χ1) is 12.7. The van der Waals surface area contributed by atoms with E-state index in [-0.39, 0.29) is 48.2 Å². The standard InChI is InChI=1S/C18H24N2O6S/c1-12-9-20(10-13(2)26-12)27(24,25)16-5-3-4-14(8-16)17(21)19-7-6-15(11-19)18(22)23/h3-5,8,12-13,15H,6-7,9-11H2,1-2H3,(H,22,23). The Hall–Kier alpha value is -1.97. The van der Waals surface area contributed by atoms with E-state index in [2.05, 4.69) is 0 Å². The minimum atomic E-state index is -3.74. The number of likely N-dealkylation sites (tertiary alicyclic amines) is 1. The van der Waals surface area contributed by atoms with Gasteiger partial charge in [-0.2, -0.15) is 4.31 Å². The molecule has 2 fully saturated rings. The van der Waals surface area contributed by atoms with Crippen LogP contribution in [-0.4, -0.2) is 73.0 Å². The SMILES string of the molecule is CC1CN(S(=O)(=O)c2cccc(C(=O)N3CCC(C(=O)O)C3)c2)CC(C)O1. The lowest BCUT2D eigenvalue weighted by Crippen LogP contribution is -2.48. The average molecular weight is 396 g/mol. The van der Waals surface area contributed by atoms with Gasteiger partial charge in [0, 0.05) is 31.7 Å². The Morgan fingerprint density at radius 2 is 1.81 bits per heavy atom. The fourth-order valence-corrected chi connectivity index (χ4v) is 5.23. The molecule has 2 saturated heterocycles. The summed E-state index contributed by atoms with van der Waals surface area (Å²) in [6.07, 6.45) is -0.000382. The molecule has 3 atom stereocenters. The van der Waals surface area contributed by atoms with Gasteiger partial charge in [0.2, 0.25) is 10.0 Å². The molecule has 0 aromatic heterocycles. The maximum absolute atomic E-state index is 13.0. The Labute approximate surface area is 158 Å². The van der Waals surface area contributed by atoms with Gasteiger partial charge in [-0.05, 0) is 38.5 Å². The number of morpholine rings is 1. The zero-order valence-electron chi connectivity index (χ0n) is 15.4. The van der Waals surface area contributed by atoms with Crippen LogP contribution in [0, 0.1) is 5.92 Å². The van der Waals surface area contributed by atoms with Gasteiger partial charge >= 0.3 is 5.97 Å². The van der Waals surface area contributed by atoms with Crippen molar-refractivity contribution >= 4 is 21.9 Å². The summed E-state index contributed by atoms with van der Waals surface area (Å²) < 4.78 is 32.9. The molecule has 0 spiro atoms. The zero-order chi connectivity index (χ0) is 19.8. The molecule has 2 aliphatic heterocycles. The Bertz CT molecular complexity index is 830. The molecule has 1 amide bonds. The van der Waals surface area contributed by atoms with Crippen LogP contribution in [0.1, 0.15) is 30.6 Å². The third kappa shape index (κ3) is 4.15. The summed E-state index contributed by atoms with van der Waals surface area (Å²) in [5, 5.41) is 9.09. The highest BCUT2D eigenvalue weighted by atomic mass is 32.2. The number of hydrogen-bond acceptors (Lipinski definition) is 5. The molecule has 1 aromatic carbocycles. The second-order valence-electron chi connectivity index (χ2n) is 7.18. The van der Waals surface area contributed by atoms with Gasteiger partial charge in [0.15, 0.2) is 0 Å². The predicted octanol–water partition coefficient (Wildman–Crippen LogP) is 1.03. The lowest BCUT2D eigenvalue weighted by molar-refractivity contribution is -0.141. The van der Waals surface area contributed by atoms with E-state index in [0.29, 0.717) is 13.0 Å². The van der Waals surface area contributed by atoms with Gasteiger partial charge in [-0.3, -0.25) is 9.59 Å². The van der Waals surface area contributed by atoms with E-state index in [4.69, 9.17) is 9.84 Å². The molecule has 148 valence electrons. The number of aliphatic carboxylic acids is 1. The molecular formula is C18H24N2O6S. The molecule has 0 aliphatic carbocycles. The van der Waals surface area contributed by atoms with E-state index in [0.717, 1.165) is 0 Å². The van der Waals surface area contributed by atoms with Crippen molar-refractivity contribution < 1.29 is 27.9 Å². The topological polar surface area (TPSA) is 104 Å². The van der Waals surface area contributed by atoms with Crippen LogP contribution in [0.15, 0.2) is 29.2 Å². The van der Waals surface area contributed by atoms with Crippen molar-refractivity contribution in [2.24, 2.45) is 5.92 Å². The van der Waals surface area contributed by atoms with Gasteiger partial charge in [0.25, 0.3) is 5.91 Å². The predicted molar refractivity (Wildman–Crippen MR) is 96.9 cm³/mol. The number of carboxylic acids is 1. The van der Waals surface area contributed by atoms with E-state index >= 15 is 0 Å². The van der Waals surface area contributed by atoms with Crippen molar-refractivity contribution in [3.63, 3.8) is 0 Å². The van der Waals surface area contributed by atoms with Gasteiger partial charge in [-0.1, -0.05) is 6.07 Å². The lowest BCUT2D eigenvalue weighted by atomic mass is 10.1. The molecule has 2 heterocycles. The van der Waals surface area contributed by atoms with Gasteiger partial charge in [-0.25, -0.2) is 8.42 Å². The second-order valence-corrected chi connectivity index (χ2v) is 9.12. The van der Waals surface area contributed by atoms with Crippen LogP contribution >= 0.6 is 0 Å². The van der Waals surface area contributed by atoms with Crippen LogP contribution in [0.25, 0.3) is 0 Å². The highest BCUT2D eigenvalue weighted by Gasteiger charge is 2.34. The molecule has 9 heteroatoms. The molecule has 1 N–H and O–H groups in total. The summed E-state index contributed by atoms with van der Waals surface area (Å²) in [5.41, 5.74) is 0.247. The first kappa shape index (κ1) is 19.8. The molecule has 3 unspecified atom stereocenters. The number of carboxylic acid groups (broad SMARTS) is 1. The second kappa shape index (κ2) is 7.57. The van der Waals surface area contributed by atoms with Gasteiger partial charge in [0.1, 0.15) is 0 Å². The normalized spacial score (nSPS) is 26.9. The van der Waals surface area contributed by atoms with Crippen LogP contribution in [0.3, 0.4) is 0 Å². The lowest BCUT2D eigenvalue weighted by Gasteiger charge is -2.34. The van der Waals surface area contributed by atoms with Crippen LogP contribution < -0.4 is 0 Å². The number of amides is 1. The Balaban J connectivity index is 1.81. The minimum absolute atomic E-state index is 0.0589. The molecule has 3 rings (SSSR count). The zero-order valence-corrected chi connectivity index (χ0v) is 16.2. The number of rotatable bonds is 4. The fourth-order valence-electron chi connectivity index (χ4n) is 3.59. The molecule has 0 bridgehead atoms. The average Bonchev–Trinajstić information content (AvgIpc) is 3.11. The van der Waals surface area contributed by atoms with E-state index in [1.54, 1.807) is 6.07 Å². The molecule has 1 aromatic rings. The van der Waals surface area contributed by atoms with E-state index in [1.165, 1.54) is 27.4 Å². The van der Waals surface area contributed by atoms with Crippen LogP contribution in [0.5, 0.6) is 0 Å². The highest BCUT2D eigenvalue weighted by Crippen LogP contribution is 2.24. The van der Waals surface area contributed by atoms with Gasteiger partial charge < -0.3 is 14.7 Å². The number of carbonyl (C=O) groups excluding carboxylic acids is 1. The third-order valence-corrected chi connectivity index (χ3v) is 6.76. The fraction of sp³-hybridized carbons (Fsp3) is 0.556. The smallest absolute Gasteiger partial charge is 0.308 e. The first-order valence-electron chi connectivity index (χ1n) is 8.96. The molecular weight excluding hydrogens is 372 g/mol. The Morgan fingerprint density at radius 1 is 1.15 bits per heavy atom. The highest BCUT2D eigenvalue weighted by molar-refractivity contribution is 7.89. The summed E-state index contributed by atoms with van der Waals surface area (Å²) in [4.78, 5) is 25.3. The van der Waals surface area contributed by atoms with Crippen molar-refractivity contribution in [1.82, 2.24) is 9.21 Å². The van der Waals surface area contributed by atoms with Crippen molar-refractivity contribution in [3.8, 4) is 0 Å². The minimum Gasteiger partial charge on any atom is -0.481 e. The largest absolute Gasteiger partial charge is 0.481 e. The van der Waals surface area contributed by atoms with E-state index in [1.807, 2.05) is 13.8 Å². The van der Waals surface area contributed by atoms with Crippen molar-refractivity contribution in [2.45, 2.75) is 37.4 Å². The third-order valence-electron chi connectivity index (χ3n) is 4.93. The van der Waals surface area contributed by atoms with Crippen LogP contribution in [0.2, 0.25) is 0 Å². The van der Waals surface area contributed by atoms with Crippen LogP contribution in [-0.2, 0) is 19.6 Å². The number of hydrogen-bond donors (Lipinski definition) is 1. The Morgan fingerprint density at radius 3 is 2.41 bits per heavy atom. The quantitative estimate of drug-likeness (QED) is 0.815. The molecule has 27 heavy (non-hydrogen) atoms. The summed E-state index contributed by atoms with van der Waals surface area (Å²) in [5.74, 6) is -1.84. The summed E-state index contributed by atoms with van der Waals surface area (Å²) in [6.45, 7) is 4.66. The van der Waals surface area contributed by atoms with Gasteiger partial charge in [0.05, 0.1) is 23.0 Å². The van der Waals surface area contributed by atoms with E-state index < -0.39 is 21.9 Å². The first-order valence-corrected chi connectivity index (χ1v) is 10.4. The maximum atomic E-state index is 13.0. The monoisotopic (exact) mass is 396 g/mol. The summed E-state index contributed by atoms with van der Waals surface area (Å²) in [6, 6.07) is 5.94. The number of sulfonamides is 1. The number of nitrogens with zero attached hydrogens (tertiary/aromatic N) is 2. The number of carbonyl (C=O) groups is 2. The van der Waals surface area contributed by atoms with Crippen molar-refractivity contribution in [3.05, 3.63) is 29.8 Å². The molecule has 0 radical (unpaired) electrons. The number of benzene rings is 1. The van der Waals surface area contributed by atoms with Crippen molar-refractivity contribution in [2.75, 3.05) is 26.2 Å². The molecule has 0 saturated carbocycles. The van der Waals surface area contributed by atoms with Gasteiger partial charge in [-0.15, -0.1) is 0 Å². The van der Waals surface area contributed by atoms with Crippen LogP contribution in [0.4, 0.5) is 0 Å². The van der Waals surface area contributed by atoms with E-state index in [9.17, 15) is 18.0 Å². The molecule has 8 nitrogen and oxygen atoms in total. The Kier molecular flexibility index (Phi) is 5.55. The summed E-state index contributed by atoms with van der Waals surface area (Å²) in [7, 11) is -3.74. The summed E-state index contributed by atoms with van der Waals surface area (Å²) >= 11 is 0. The number of ether oxygens (including phenoxy) is 1. The molecule has 2 aliphatic rings.